The van der Waals surface area contributed by atoms with Gasteiger partial charge in [-0.25, -0.2) is 0 Å². The van der Waals surface area contributed by atoms with Crippen molar-refractivity contribution in [2.45, 2.75) is 45.6 Å². The van der Waals surface area contributed by atoms with Gasteiger partial charge in [0.2, 0.25) is 0 Å². The smallest absolute Gasteiger partial charge is 0.269 e. The summed E-state index contributed by atoms with van der Waals surface area (Å²) in [5, 5.41) is 28.6. The van der Waals surface area contributed by atoms with E-state index in [0.717, 1.165) is 44.5 Å². The van der Waals surface area contributed by atoms with E-state index in [0.29, 0.717) is 34.2 Å². The van der Waals surface area contributed by atoms with E-state index in [2.05, 4.69) is 31.4 Å². The van der Waals surface area contributed by atoms with Gasteiger partial charge < -0.3 is 19.1 Å². The van der Waals surface area contributed by atoms with E-state index < -0.39 is 4.92 Å². The van der Waals surface area contributed by atoms with Crippen LogP contribution in [0.2, 0.25) is 0 Å². The Morgan fingerprint density at radius 3 is 2.05 bits per heavy atom. The van der Waals surface area contributed by atoms with Crippen molar-refractivity contribution < 1.29 is 19.1 Å². The second-order valence-corrected chi connectivity index (χ2v) is 9.94. The molecule has 208 valence electrons. The fourth-order valence-corrected chi connectivity index (χ4v) is 5.14. The molecule has 2 aliphatic rings. The molecule has 11 nitrogen and oxygen atoms in total. The minimum Gasteiger partial charge on any atom is -0.494 e. The molecule has 0 aromatic heterocycles. The predicted octanol–water partition coefficient (Wildman–Crippen LogP) is 7.93. The van der Waals surface area contributed by atoms with Crippen molar-refractivity contribution >= 4 is 34.1 Å². The fraction of sp³-hybridized carbons (Fsp3) is 0.379. The van der Waals surface area contributed by atoms with Gasteiger partial charge in [-0.3, -0.25) is 10.1 Å². The Bertz CT molecular complexity index is 1470. The number of nitro benzene ring substituents is 1. The van der Waals surface area contributed by atoms with E-state index in [4.69, 9.17) is 14.2 Å². The van der Waals surface area contributed by atoms with Gasteiger partial charge in [0.1, 0.15) is 28.6 Å². The van der Waals surface area contributed by atoms with Crippen molar-refractivity contribution in [1.29, 1.82) is 0 Å². The molecular formula is C29H32N6O5. The normalized spacial score (nSPS) is 14.6. The molecule has 0 N–H and O–H groups in total. The van der Waals surface area contributed by atoms with Crippen molar-refractivity contribution in [1.82, 2.24) is 0 Å². The highest BCUT2D eigenvalue weighted by Crippen LogP contribution is 2.47. The summed E-state index contributed by atoms with van der Waals surface area (Å²) >= 11 is 0. The lowest BCUT2D eigenvalue weighted by Crippen LogP contribution is -2.34. The molecule has 0 radical (unpaired) electrons. The Morgan fingerprint density at radius 1 is 0.850 bits per heavy atom. The number of rotatable bonds is 9. The molecule has 0 saturated carbocycles. The molecule has 11 heteroatoms. The summed E-state index contributed by atoms with van der Waals surface area (Å²) in [6.45, 7) is 6.19. The number of aryl methyl sites for hydroxylation is 1. The molecule has 0 saturated heterocycles. The maximum atomic E-state index is 10.9. The van der Waals surface area contributed by atoms with Crippen LogP contribution in [0.5, 0.6) is 17.2 Å². The number of benzene rings is 3. The van der Waals surface area contributed by atoms with Gasteiger partial charge in [-0.05, 0) is 63.3 Å². The third kappa shape index (κ3) is 5.58. The van der Waals surface area contributed by atoms with Crippen LogP contribution in [0.15, 0.2) is 62.9 Å². The summed E-state index contributed by atoms with van der Waals surface area (Å²) in [4.78, 5) is 12.9. The number of methoxy groups -OCH3 is 2. The quantitative estimate of drug-likeness (QED) is 0.153. The Balaban J connectivity index is 1.49. The minimum absolute atomic E-state index is 0.00255. The summed E-state index contributed by atoms with van der Waals surface area (Å²) in [7, 11) is 3.07. The van der Waals surface area contributed by atoms with Gasteiger partial charge in [0.15, 0.2) is 5.75 Å². The molecule has 3 aromatic rings. The first kappa shape index (κ1) is 27.0. The third-order valence-corrected chi connectivity index (χ3v) is 6.89. The zero-order valence-corrected chi connectivity index (χ0v) is 23.1. The third-order valence-electron chi connectivity index (χ3n) is 6.89. The van der Waals surface area contributed by atoms with Crippen molar-refractivity contribution in [2.24, 2.45) is 20.5 Å². The number of hydrogen-bond donors (Lipinski definition) is 0. The lowest BCUT2D eigenvalue weighted by molar-refractivity contribution is -0.384. The number of nitro groups is 1. The van der Waals surface area contributed by atoms with Crippen molar-refractivity contribution in [3.63, 3.8) is 0 Å². The molecule has 0 atom stereocenters. The topological polar surface area (TPSA) is 124 Å². The highest BCUT2D eigenvalue weighted by Gasteiger charge is 2.29. The second-order valence-electron chi connectivity index (χ2n) is 9.94. The summed E-state index contributed by atoms with van der Waals surface area (Å²) in [5.74, 6) is 1.66. The molecule has 40 heavy (non-hydrogen) atoms. The summed E-state index contributed by atoms with van der Waals surface area (Å²) in [5.41, 5.74) is 5.85. The zero-order chi connectivity index (χ0) is 28.2. The first-order valence-corrected chi connectivity index (χ1v) is 13.3. The van der Waals surface area contributed by atoms with E-state index in [1.807, 2.05) is 13.8 Å². The van der Waals surface area contributed by atoms with Crippen LogP contribution in [0, 0.1) is 10.1 Å². The largest absolute Gasteiger partial charge is 0.494 e. The Labute approximate surface area is 232 Å². The SMILES string of the molecule is COc1cc(/N=N\c2ccc([N+](=O)[O-])cc2)c(OC)cc1N=Nc1cc2c3c(c1OC(C)C)CCCN3CCC2. The molecule has 0 unspecified atom stereocenters. The van der Waals surface area contributed by atoms with Gasteiger partial charge >= 0.3 is 0 Å². The van der Waals surface area contributed by atoms with Crippen LogP contribution in [-0.4, -0.2) is 38.3 Å². The average Bonchev–Trinajstić information content (AvgIpc) is 2.96. The molecule has 2 heterocycles. The number of azo groups is 2. The van der Waals surface area contributed by atoms with Gasteiger partial charge in [-0.1, -0.05) is 0 Å². The van der Waals surface area contributed by atoms with Crippen molar-refractivity contribution in [2.75, 3.05) is 32.2 Å². The lowest BCUT2D eigenvalue weighted by Gasteiger charge is -2.38. The summed E-state index contributed by atoms with van der Waals surface area (Å²) in [6, 6.07) is 11.3. The molecule has 3 aromatic carbocycles. The van der Waals surface area contributed by atoms with Gasteiger partial charge in [0.25, 0.3) is 5.69 Å². The second kappa shape index (κ2) is 11.7. The Hall–Kier alpha value is -4.54. The van der Waals surface area contributed by atoms with Crippen LogP contribution in [0.1, 0.15) is 37.8 Å². The average molecular weight is 545 g/mol. The van der Waals surface area contributed by atoms with Gasteiger partial charge in [-0.15, -0.1) is 15.3 Å². The zero-order valence-electron chi connectivity index (χ0n) is 23.1. The van der Waals surface area contributed by atoms with Crippen LogP contribution in [0.25, 0.3) is 0 Å². The van der Waals surface area contributed by atoms with Gasteiger partial charge in [-0.2, -0.15) is 5.11 Å². The molecule has 2 aliphatic heterocycles. The minimum atomic E-state index is -0.464. The van der Waals surface area contributed by atoms with Crippen LogP contribution in [0.4, 0.5) is 34.1 Å². The molecule has 0 spiro atoms. The van der Waals surface area contributed by atoms with Crippen LogP contribution < -0.4 is 19.1 Å². The van der Waals surface area contributed by atoms with Gasteiger partial charge in [0.05, 0.1) is 30.9 Å². The first-order valence-electron chi connectivity index (χ1n) is 13.3. The van der Waals surface area contributed by atoms with Gasteiger partial charge in [0, 0.05) is 48.6 Å². The summed E-state index contributed by atoms with van der Waals surface area (Å²) < 4.78 is 17.5. The summed E-state index contributed by atoms with van der Waals surface area (Å²) in [6.07, 6.45) is 4.17. The number of anilines is 1. The molecule has 0 aliphatic carbocycles. The van der Waals surface area contributed by atoms with Crippen LogP contribution >= 0.6 is 0 Å². The van der Waals surface area contributed by atoms with E-state index in [1.54, 1.807) is 19.2 Å². The fourth-order valence-electron chi connectivity index (χ4n) is 5.14. The number of ether oxygens (including phenoxy) is 3. The maximum absolute atomic E-state index is 10.9. The first-order chi connectivity index (χ1) is 19.4. The number of hydrogen-bond acceptors (Lipinski definition) is 10. The molecule has 0 bridgehead atoms. The van der Waals surface area contributed by atoms with Crippen LogP contribution in [-0.2, 0) is 12.8 Å². The van der Waals surface area contributed by atoms with Crippen molar-refractivity contribution in [3.05, 3.63) is 63.7 Å². The monoisotopic (exact) mass is 544 g/mol. The highest BCUT2D eigenvalue weighted by molar-refractivity contribution is 5.75. The Morgan fingerprint density at radius 2 is 1.45 bits per heavy atom. The highest BCUT2D eigenvalue weighted by atomic mass is 16.6. The predicted molar refractivity (Wildman–Crippen MR) is 152 cm³/mol. The van der Waals surface area contributed by atoms with E-state index in [9.17, 15) is 10.1 Å². The standard InChI is InChI=1S/C29H32N6O5/c1-18(2)40-29-22-8-6-14-34-13-5-7-19(28(22)34)15-25(29)33-32-24-17-26(38-3)23(16-27(24)39-4)31-30-20-9-11-21(12-10-20)35(36)37/h9-12,15-18H,5-8,13-14H2,1-4H3/b31-30-,33-32?. The molecular weight excluding hydrogens is 512 g/mol. The van der Waals surface area contributed by atoms with E-state index in [-0.39, 0.29) is 11.8 Å². The maximum Gasteiger partial charge on any atom is 0.269 e. The van der Waals surface area contributed by atoms with E-state index >= 15 is 0 Å². The van der Waals surface area contributed by atoms with Crippen molar-refractivity contribution in [3.8, 4) is 17.2 Å². The lowest BCUT2D eigenvalue weighted by atomic mass is 9.90. The number of non-ortho nitro benzene ring substituents is 1. The van der Waals surface area contributed by atoms with Crippen LogP contribution in [0.3, 0.4) is 0 Å². The van der Waals surface area contributed by atoms with E-state index in [1.165, 1.54) is 48.2 Å². The molecule has 0 amide bonds. The molecule has 0 fully saturated rings. The molecule has 5 rings (SSSR count). The number of nitrogens with zero attached hydrogens (tertiary/aromatic N) is 6. The Kier molecular flexibility index (Phi) is 7.90.